The maximum Gasteiger partial charge on any atom is 0.262 e. The van der Waals surface area contributed by atoms with E-state index in [0.717, 1.165) is 0 Å². The van der Waals surface area contributed by atoms with E-state index in [4.69, 9.17) is 10.5 Å². The first-order chi connectivity index (χ1) is 12.1. The number of anilines is 1. The van der Waals surface area contributed by atoms with Crippen LogP contribution >= 0.6 is 0 Å². The van der Waals surface area contributed by atoms with Gasteiger partial charge in [0.15, 0.2) is 6.61 Å². The molecule has 2 aliphatic rings. The Morgan fingerprint density at radius 2 is 1.88 bits per heavy atom. The highest BCUT2D eigenvalue weighted by Gasteiger charge is 2.34. The van der Waals surface area contributed by atoms with E-state index in [9.17, 15) is 18.0 Å². The fourth-order valence-corrected chi connectivity index (χ4v) is 4.36. The molecule has 9 nitrogen and oxygen atoms in total. The van der Waals surface area contributed by atoms with Gasteiger partial charge in [-0.05, 0) is 32.0 Å². The van der Waals surface area contributed by atoms with Gasteiger partial charge in [0.2, 0.25) is 15.9 Å². The highest BCUT2D eigenvalue weighted by atomic mass is 32.2. The fraction of sp³-hybridized carbons (Fsp3) is 0.500. The van der Waals surface area contributed by atoms with E-state index in [1.165, 1.54) is 22.5 Å². The van der Waals surface area contributed by atoms with Gasteiger partial charge in [0.05, 0.1) is 16.1 Å². The van der Waals surface area contributed by atoms with Crippen molar-refractivity contribution in [3.63, 3.8) is 0 Å². The number of amides is 2. The molecule has 1 saturated heterocycles. The summed E-state index contributed by atoms with van der Waals surface area (Å²) >= 11 is 0. The second-order valence-electron chi connectivity index (χ2n) is 6.91. The lowest BCUT2D eigenvalue weighted by atomic mass is 10.1. The van der Waals surface area contributed by atoms with Crippen molar-refractivity contribution in [2.45, 2.75) is 24.3 Å². The molecule has 10 heteroatoms. The molecule has 0 bridgehead atoms. The number of ether oxygens (including phenoxy) is 1. The Labute approximate surface area is 152 Å². The smallest absolute Gasteiger partial charge is 0.262 e. The molecule has 3 N–H and O–H groups in total. The molecule has 0 unspecified atom stereocenters. The molecule has 1 fully saturated rings. The van der Waals surface area contributed by atoms with E-state index in [-0.39, 0.29) is 49.5 Å². The number of piperazine rings is 1. The first-order valence-corrected chi connectivity index (χ1v) is 9.68. The molecule has 0 atom stereocenters. The fourth-order valence-electron chi connectivity index (χ4n) is 2.91. The van der Waals surface area contributed by atoms with Crippen molar-refractivity contribution in [3.8, 4) is 5.75 Å². The van der Waals surface area contributed by atoms with Crippen LogP contribution in [0.3, 0.4) is 0 Å². The summed E-state index contributed by atoms with van der Waals surface area (Å²) in [5.41, 5.74) is 5.17. The lowest BCUT2D eigenvalue weighted by Gasteiger charge is -2.37. The van der Waals surface area contributed by atoms with Crippen LogP contribution in [-0.4, -0.2) is 67.8 Å². The summed E-state index contributed by atoms with van der Waals surface area (Å²) in [7, 11) is -3.74. The molecule has 0 aromatic heterocycles. The number of benzene rings is 1. The maximum absolute atomic E-state index is 12.9. The highest BCUT2D eigenvalue weighted by Crippen LogP contribution is 2.31. The van der Waals surface area contributed by atoms with Gasteiger partial charge in [-0.1, -0.05) is 0 Å². The normalized spacial score (nSPS) is 18.7. The van der Waals surface area contributed by atoms with Crippen molar-refractivity contribution in [3.05, 3.63) is 18.2 Å². The van der Waals surface area contributed by atoms with Gasteiger partial charge in [-0.2, -0.15) is 4.31 Å². The van der Waals surface area contributed by atoms with E-state index < -0.39 is 15.6 Å². The van der Waals surface area contributed by atoms with Gasteiger partial charge in [-0.25, -0.2) is 8.42 Å². The number of nitrogens with zero attached hydrogens (tertiary/aromatic N) is 2. The molecule has 1 aromatic carbocycles. The van der Waals surface area contributed by atoms with E-state index in [1.807, 2.05) is 0 Å². The molecule has 0 aliphatic carbocycles. The quantitative estimate of drug-likeness (QED) is 0.733. The lowest BCUT2D eigenvalue weighted by molar-refractivity contribution is -0.137. The summed E-state index contributed by atoms with van der Waals surface area (Å²) in [4.78, 5) is 25.3. The van der Waals surface area contributed by atoms with Crippen LogP contribution in [0.15, 0.2) is 23.1 Å². The third-order valence-electron chi connectivity index (χ3n) is 4.30. The number of carbonyl (C=O) groups excluding carboxylic acids is 2. The number of carbonyl (C=O) groups is 2. The Morgan fingerprint density at radius 1 is 1.23 bits per heavy atom. The zero-order chi connectivity index (χ0) is 19.1. The molecule has 2 heterocycles. The van der Waals surface area contributed by atoms with Gasteiger partial charge in [0, 0.05) is 26.2 Å². The third kappa shape index (κ3) is 3.53. The molecule has 0 saturated carbocycles. The van der Waals surface area contributed by atoms with Gasteiger partial charge in [-0.3, -0.25) is 9.59 Å². The Hall–Kier alpha value is -2.17. The summed E-state index contributed by atoms with van der Waals surface area (Å²) in [6.07, 6.45) is 0. The van der Waals surface area contributed by atoms with Crippen molar-refractivity contribution >= 4 is 27.5 Å². The molecule has 142 valence electrons. The van der Waals surface area contributed by atoms with Crippen LogP contribution in [0.5, 0.6) is 5.75 Å². The van der Waals surface area contributed by atoms with Crippen LogP contribution in [0.2, 0.25) is 0 Å². The van der Waals surface area contributed by atoms with E-state index in [1.54, 1.807) is 18.7 Å². The minimum atomic E-state index is -3.74. The summed E-state index contributed by atoms with van der Waals surface area (Å²) in [5, 5.41) is 2.60. The Bertz CT molecular complexity index is 839. The topological polar surface area (TPSA) is 122 Å². The average Bonchev–Trinajstić information content (AvgIpc) is 2.59. The first kappa shape index (κ1) is 18.6. The molecule has 0 radical (unpaired) electrons. The number of hydrogen-bond donors (Lipinski definition) is 2. The highest BCUT2D eigenvalue weighted by molar-refractivity contribution is 7.89. The van der Waals surface area contributed by atoms with E-state index >= 15 is 0 Å². The predicted molar refractivity (Wildman–Crippen MR) is 94.2 cm³/mol. The molecule has 2 amide bonds. The number of nitrogens with two attached hydrogens (primary N) is 1. The summed E-state index contributed by atoms with van der Waals surface area (Å²) in [5.74, 6) is -0.101. The van der Waals surface area contributed by atoms with Crippen LogP contribution < -0.4 is 15.8 Å². The Balaban J connectivity index is 1.75. The van der Waals surface area contributed by atoms with Crippen molar-refractivity contribution < 1.29 is 22.7 Å². The van der Waals surface area contributed by atoms with Crippen LogP contribution in [0.1, 0.15) is 13.8 Å². The molecular weight excluding hydrogens is 360 g/mol. The minimum absolute atomic E-state index is 0.0704. The van der Waals surface area contributed by atoms with Crippen LogP contribution in [0.25, 0.3) is 0 Å². The van der Waals surface area contributed by atoms with E-state index in [0.29, 0.717) is 11.4 Å². The van der Waals surface area contributed by atoms with Gasteiger partial charge < -0.3 is 20.7 Å². The molecule has 26 heavy (non-hydrogen) atoms. The largest absolute Gasteiger partial charge is 0.482 e. The number of rotatable bonds is 3. The monoisotopic (exact) mass is 382 g/mol. The molecular formula is C16H22N4O5S. The van der Waals surface area contributed by atoms with Gasteiger partial charge in [0.1, 0.15) is 5.75 Å². The van der Waals surface area contributed by atoms with Gasteiger partial charge in [-0.15, -0.1) is 0 Å². The van der Waals surface area contributed by atoms with Gasteiger partial charge >= 0.3 is 0 Å². The van der Waals surface area contributed by atoms with Crippen LogP contribution in [0, 0.1) is 0 Å². The number of hydrogen-bond acceptors (Lipinski definition) is 6. The number of fused-ring (bicyclic) bond motifs is 1. The van der Waals surface area contributed by atoms with Crippen LogP contribution in [0.4, 0.5) is 5.69 Å². The molecule has 3 rings (SSSR count). The lowest BCUT2D eigenvalue weighted by Crippen LogP contribution is -2.57. The molecule has 2 aliphatic heterocycles. The Morgan fingerprint density at radius 3 is 2.50 bits per heavy atom. The second kappa shape index (κ2) is 6.53. The van der Waals surface area contributed by atoms with Crippen molar-refractivity contribution in [1.29, 1.82) is 0 Å². The third-order valence-corrected chi connectivity index (χ3v) is 6.19. The van der Waals surface area contributed by atoms with Crippen LogP contribution in [-0.2, 0) is 19.6 Å². The standard InChI is InChI=1S/C16H22N4O5S/c1-16(2,17)15(22)19-5-7-20(8-6-19)26(23,24)11-3-4-13-12(9-11)18-14(21)10-25-13/h3-4,9H,5-8,10,17H2,1-2H3,(H,18,21). The maximum atomic E-state index is 12.9. The van der Waals surface area contributed by atoms with E-state index in [2.05, 4.69) is 5.32 Å². The SMILES string of the molecule is CC(C)(N)C(=O)N1CCN(S(=O)(=O)c2ccc3c(c2)NC(=O)CO3)CC1. The minimum Gasteiger partial charge on any atom is -0.482 e. The summed E-state index contributed by atoms with van der Waals surface area (Å²) in [6.45, 7) is 4.09. The number of sulfonamides is 1. The average molecular weight is 382 g/mol. The second-order valence-corrected chi connectivity index (χ2v) is 8.85. The molecule has 0 spiro atoms. The molecule has 1 aromatic rings. The van der Waals surface area contributed by atoms with Crippen molar-refractivity contribution in [1.82, 2.24) is 9.21 Å². The number of nitrogens with one attached hydrogen (secondary N) is 1. The van der Waals surface area contributed by atoms with Gasteiger partial charge in [0.25, 0.3) is 5.91 Å². The summed E-state index contributed by atoms with van der Waals surface area (Å²) in [6, 6.07) is 4.37. The predicted octanol–water partition coefficient (Wildman–Crippen LogP) is -0.412. The van der Waals surface area contributed by atoms with Crippen molar-refractivity contribution in [2.24, 2.45) is 5.73 Å². The summed E-state index contributed by atoms with van der Waals surface area (Å²) < 4.78 is 32.3. The first-order valence-electron chi connectivity index (χ1n) is 8.24. The zero-order valence-corrected chi connectivity index (χ0v) is 15.5. The van der Waals surface area contributed by atoms with Crippen molar-refractivity contribution in [2.75, 3.05) is 38.1 Å². The zero-order valence-electron chi connectivity index (χ0n) is 14.7. The Kier molecular flexibility index (Phi) is 4.67.